The number of hydrogen-bond acceptors (Lipinski definition) is 2. The summed E-state index contributed by atoms with van der Waals surface area (Å²) in [5.74, 6) is 1.43. The van der Waals surface area contributed by atoms with Gasteiger partial charge < -0.3 is 9.73 Å². The molecule has 0 spiro atoms. The second-order valence-electron chi connectivity index (χ2n) is 4.15. The van der Waals surface area contributed by atoms with E-state index in [2.05, 4.69) is 5.32 Å². The van der Waals surface area contributed by atoms with Crippen molar-refractivity contribution >= 4 is 17.5 Å². The molecule has 0 fully saturated rings. The van der Waals surface area contributed by atoms with Crippen LogP contribution in [-0.2, 0) is 0 Å². The summed E-state index contributed by atoms with van der Waals surface area (Å²) >= 11 is 5.77. The number of nitrogens with one attached hydrogen (secondary N) is 1. The fourth-order valence-corrected chi connectivity index (χ4v) is 1.76. The molecule has 1 amide bonds. The first-order valence-electron chi connectivity index (χ1n) is 5.69. The van der Waals surface area contributed by atoms with Crippen LogP contribution in [-0.4, -0.2) is 5.91 Å². The van der Waals surface area contributed by atoms with Crippen molar-refractivity contribution in [2.24, 2.45) is 0 Å². The highest BCUT2D eigenvalue weighted by Crippen LogP contribution is 2.16. The van der Waals surface area contributed by atoms with Gasteiger partial charge in [-0.2, -0.15) is 0 Å². The maximum Gasteiger partial charge on any atom is 0.251 e. The normalized spacial score (nSPS) is 12.2. The molecule has 0 bridgehead atoms. The van der Waals surface area contributed by atoms with Gasteiger partial charge in [0.25, 0.3) is 5.91 Å². The molecular formula is C14H14ClNO2. The fraction of sp³-hybridized carbons (Fsp3) is 0.214. The summed E-state index contributed by atoms with van der Waals surface area (Å²) in [6.07, 6.45) is 0. The lowest BCUT2D eigenvalue weighted by atomic mass is 10.2. The molecule has 2 rings (SSSR count). The van der Waals surface area contributed by atoms with E-state index in [1.54, 1.807) is 24.3 Å². The minimum absolute atomic E-state index is 0.145. The number of aryl methyl sites for hydroxylation is 1. The van der Waals surface area contributed by atoms with Crippen molar-refractivity contribution in [1.29, 1.82) is 0 Å². The van der Waals surface area contributed by atoms with Gasteiger partial charge in [0.05, 0.1) is 6.04 Å². The van der Waals surface area contributed by atoms with Crippen LogP contribution in [0.25, 0.3) is 0 Å². The molecule has 0 saturated heterocycles. The topological polar surface area (TPSA) is 42.2 Å². The zero-order chi connectivity index (χ0) is 13.1. The molecule has 2 aromatic rings. The summed E-state index contributed by atoms with van der Waals surface area (Å²) < 4.78 is 5.47. The first kappa shape index (κ1) is 12.7. The highest BCUT2D eigenvalue weighted by atomic mass is 35.5. The van der Waals surface area contributed by atoms with Crippen LogP contribution in [0.3, 0.4) is 0 Å². The Bertz CT molecular complexity index is 545. The van der Waals surface area contributed by atoms with Gasteiger partial charge in [-0.05, 0) is 50.2 Å². The van der Waals surface area contributed by atoms with Gasteiger partial charge in [-0.3, -0.25) is 4.79 Å². The highest BCUT2D eigenvalue weighted by Gasteiger charge is 2.13. The van der Waals surface area contributed by atoms with Gasteiger partial charge in [-0.25, -0.2) is 0 Å². The van der Waals surface area contributed by atoms with Crippen LogP contribution in [0.1, 0.15) is 34.8 Å². The first-order chi connectivity index (χ1) is 8.56. The summed E-state index contributed by atoms with van der Waals surface area (Å²) in [5, 5.41) is 3.48. The van der Waals surface area contributed by atoms with Crippen molar-refractivity contribution in [1.82, 2.24) is 5.32 Å². The van der Waals surface area contributed by atoms with E-state index in [1.807, 2.05) is 26.0 Å². The molecule has 1 N–H and O–H groups in total. The van der Waals surface area contributed by atoms with Crippen LogP contribution in [0.5, 0.6) is 0 Å². The van der Waals surface area contributed by atoms with Gasteiger partial charge in [0, 0.05) is 10.6 Å². The number of hydrogen-bond donors (Lipinski definition) is 1. The lowest BCUT2D eigenvalue weighted by molar-refractivity contribution is 0.0935. The predicted molar refractivity (Wildman–Crippen MR) is 70.8 cm³/mol. The van der Waals surface area contributed by atoms with Crippen molar-refractivity contribution in [3.05, 3.63) is 58.5 Å². The summed E-state index contributed by atoms with van der Waals surface area (Å²) in [7, 11) is 0. The molecule has 0 aliphatic carbocycles. The average molecular weight is 264 g/mol. The number of furan rings is 1. The molecule has 0 aliphatic heterocycles. The monoisotopic (exact) mass is 263 g/mol. The third-order valence-electron chi connectivity index (χ3n) is 2.64. The van der Waals surface area contributed by atoms with E-state index in [0.29, 0.717) is 10.6 Å². The van der Waals surface area contributed by atoms with Crippen molar-refractivity contribution < 1.29 is 9.21 Å². The van der Waals surface area contributed by atoms with E-state index in [0.717, 1.165) is 11.5 Å². The summed E-state index contributed by atoms with van der Waals surface area (Å²) in [4.78, 5) is 12.0. The molecule has 1 aromatic heterocycles. The third kappa shape index (κ3) is 2.93. The number of amides is 1. The Morgan fingerprint density at radius 3 is 2.44 bits per heavy atom. The molecule has 0 aliphatic rings. The Morgan fingerprint density at radius 2 is 1.89 bits per heavy atom. The number of benzene rings is 1. The van der Waals surface area contributed by atoms with Crippen LogP contribution in [0, 0.1) is 6.92 Å². The van der Waals surface area contributed by atoms with Gasteiger partial charge in [0.15, 0.2) is 0 Å². The number of carbonyl (C=O) groups excluding carboxylic acids is 1. The van der Waals surface area contributed by atoms with Crippen molar-refractivity contribution in [2.45, 2.75) is 19.9 Å². The van der Waals surface area contributed by atoms with Crippen molar-refractivity contribution in [3.63, 3.8) is 0 Å². The van der Waals surface area contributed by atoms with Gasteiger partial charge >= 0.3 is 0 Å². The molecule has 3 nitrogen and oxygen atoms in total. The second-order valence-corrected chi connectivity index (χ2v) is 4.59. The maximum absolute atomic E-state index is 12.0. The van der Waals surface area contributed by atoms with Gasteiger partial charge in [-0.15, -0.1) is 0 Å². The molecule has 1 heterocycles. The second kappa shape index (κ2) is 5.27. The average Bonchev–Trinajstić information content (AvgIpc) is 2.76. The van der Waals surface area contributed by atoms with Crippen LogP contribution < -0.4 is 5.32 Å². The van der Waals surface area contributed by atoms with E-state index >= 15 is 0 Å². The molecular weight excluding hydrogens is 250 g/mol. The van der Waals surface area contributed by atoms with Gasteiger partial charge in [0.1, 0.15) is 11.5 Å². The van der Waals surface area contributed by atoms with E-state index in [4.69, 9.17) is 16.0 Å². The van der Waals surface area contributed by atoms with Crippen LogP contribution in [0.2, 0.25) is 5.02 Å². The van der Waals surface area contributed by atoms with E-state index < -0.39 is 0 Å². The standard InChI is InChI=1S/C14H14ClNO2/c1-9-3-8-13(18-9)10(2)16-14(17)11-4-6-12(15)7-5-11/h3-8,10H,1-2H3,(H,16,17). The summed E-state index contributed by atoms with van der Waals surface area (Å²) in [6.45, 7) is 3.75. The zero-order valence-corrected chi connectivity index (χ0v) is 11.0. The van der Waals surface area contributed by atoms with Crippen molar-refractivity contribution in [2.75, 3.05) is 0 Å². The predicted octanol–water partition coefficient (Wildman–Crippen LogP) is 3.73. The van der Waals surface area contributed by atoms with Gasteiger partial charge in [0.2, 0.25) is 0 Å². The molecule has 1 atom stereocenters. The van der Waals surface area contributed by atoms with E-state index in [-0.39, 0.29) is 11.9 Å². The minimum atomic E-state index is -0.165. The molecule has 1 aromatic carbocycles. The van der Waals surface area contributed by atoms with Crippen molar-refractivity contribution in [3.8, 4) is 0 Å². The number of halogens is 1. The number of rotatable bonds is 3. The Labute approximate surface area is 111 Å². The molecule has 18 heavy (non-hydrogen) atoms. The Hall–Kier alpha value is -1.74. The molecule has 4 heteroatoms. The quantitative estimate of drug-likeness (QED) is 0.917. The van der Waals surface area contributed by atoms with Crippen LogP contribution >= 0.6 is 11.6 Å². The Morgan fingerprint density at radius 1 is 1.22 bits per heavy atom. The van der Waals surface area contributed by atoms with E-state index in [9.17, 15) is 4.79 Å². The molecule has 94 valence electrons. The lowest BCUT2D eigenvalue weighted by Gasteiger charge is -2.11. The van der Waals surface area contributed by atoms with Gasteiger partial charge in [-0.1, -0.05) is 11.6 Å². The molecule has 0 saturated carbocycles. The van der Waals surface area contributed by atoms with Crippen LogP contribution in [0.4, 0.5) is 0 Å². The molecule has 0 radical (unpaired) electrons. The summed E-state index contributed by atoms with van der Waals surface area (Å²) in [6, 6.07) is 10.3. The smallest absolute Gasteiger partial charge is 0.251 e. The highest BCUT2D eigenvalue weighted by molar-refractivity contribution is 6.30. The third-order valence-corrected chi connectivity index (χ3v) is 2.89. The van der Waals surface area contributed by atoms with Crippen LogP contribution in [0.15, 0.2) is 40.8 Å². The summed E-state index contributed by atoms with van der Waals surface area (Å²) in [5.41, 5.74) is 0.578. The fourth-order valence-electron chi connectivity index (χ4n) is 1.64. The zero-order valence-electron chi connectivity index (χ0n) is 10.2. The SMILES string of the molecule is Cc1ccc(C(C)NC(=O)c2ccc(Cl)cc2)o1. The Balaban J connectivity index is 2.05. The first-order valence-corrected chi connectivity index (χ1v) is 6.07. The lowest BCUT2D eigenvalue weighted by Crippen LogP contribution is -2.26. The number of carbonyl (C=O) groups is 1. The van der Waals surface area contributed by atoms with E-state index in [1.165, 1.54) is 0 Å². The maximum atomic E-state index is 12.0. The molecule has 1 unspecified atom stereocenters. The largest absolute Gasteiger partial charge is 0.464 e. The Kier molecular flexibility index (Phi) is 3.72. The minimum Gasteiger partial charge on any atom is -0.464 e.